The molecular weight excluding hydrogens is 689 g/mol. The Morgan fingerprint density at radius 3 is 1.52 bits per heavy atom. The van der Waals surface area contributed by atoms with Crippen molar-refractivity contribution in [1.29, 1.82) is 0 Å². The van der Waals surface area contributed by atoms with E-state index >= 15 is 0 Å². The van der Waals surface area contributed by atoms with Crippen LogP contribution in [0.4, 0.5) is 0 Å². The molecule has 0 aliphatic carbocycles. The molecule has 4 aromatic heterocycles. The Labute approximate surface area is 321 Å². The lowest BCUT2D eigenvalue weighted by atomic mass is 10.1. The number of aromatic nitrogens is 6. The molecule has 0 amide bonds. The third kappa shape index (κ3) is 5.25. The summed E-state index contributed by atoms with van der Waals surface area (Å²) in [4.78, 5) is 25.3. The molecule has 7 nitrogen and oxygen atoms in total. The molecule has 56 heavy (non-hydrogen) atoms. The van der Waals surface area contributed by atoms with Crippen molar-refractivity contribution in [2.45, 2.75) is 0 Å². The monoisotopic (exact) mass is 718 g/mol. The topological polar surface area (TPSA) is 82.5 Å². The molecular formula is C49H30N6O. The predicted octanol–water partition coefficient (Wildman–Crippen LogP) is 12.0. The van der Waals surface area contributed by atoms with E-state index in [4.69, 9.17) is 29.3 Å². The van der Waals surface area contributed by atoms with Gasteiger partial charge in [0.2, 0.25) is 0 Å². The molecule has 7 heteroatoms. The predicted molar refractivity (Wildman–Crippen MR) is 224 cm³/mol. The van der Waals surface area contributed by atoms with Crippen LogP contribution >= 0.6 is 0 Å². The number of fused-ring (bicyclic) bond motifs is 7. The molecule has 7 aromatic carbocycles. The maximum absolute atomic E-state index is 6.72. The van der Waals surface area contributed by atoms with Crippen molar-refractivity contribution >= 4 is 43.9 Å². The van der Waals surface area contributed by atoms with Crippen LogP contribution in [0.25, 0.3) is 106 Å². The number of nitrogens with zero attached hydrogens (tertiary/aromatic N) is 6. The van der Waals surface area contributed by atoms with Gasteiger partial charge >= 0.3 is 0 Å². The maximum Gasteiger partial charge on any atom is 0.180 e. The average molecular weight is 719 g/mol. The van der Waals surface area contributed by atoms with Gasteiger partial charge < -0.3 is 8.98 Å². The van der Waals surface area contributed by atoms with Gasteiger partial charge in [0.05, 0.1) is 16.4 Å². The van der Waals surface area contributed by atoms with Gasteiger partial charge in [0.25, 0.3) is 0 Å². The molecule has 0 atom stereocenters. The summed E-state index contributed by atoms with van der Waals surface area (Å²) in [5.74, 6) is 2.49. The fourth-order valence-corrected chi connectivity index (χ4v) is 7.70. The van der Waals surface area contributed by atoms with Gasteiger partial charge in [-0.2, -0.15) is 0 Å². The minimum atomic E-state index is 0.599. The summed E-state index contributed by atoms with van der Waals surface area (Å²) in [7, 11) is 0. The Bertz CT molecular complexity index is 3170. The van der Waals surface area contributed by atoms with Crippen LogP contribution in [-0.4, -0.2) is 29.5 Å². The van der Waals surface area contributed by atoms with Crippen molar-refractivity contribution in [2.75, 3.05) is 0 Å². The Morgan fingerprint density at radius 1 is 0.375 bits per heavy atom. The van der Waals surface area contributed by atoms with Crippen LogP contribution < -0.4 is 0 Å². The van der Waals surface area contributed by atoms with Crippen LogP contribution in [0.2, 0.25) is 0 Å². The molecule has 0 spiro atoms. The molecule has 11 rings (SSSR count). The minimum absolute atomic E-state index is 0.599. The Hall–Kier alpha value is -7.77. The fourth-order valence-electron chi connectivity index (χ4n) is 7.70. The highest BCUT2D eigenvalue weighted by Crippen LogP contribution is 2.43. The van der Waals surface area contributed by atoms with E-state index in [0.29, 0.717) is 28.9 Å². The van der Waals surface area contributed by atoms with E-state index in [1.807, 2.05) is 109 Å². The van der Waals surface area contributed by atoms with Gasteiger partial charge in [0, 0.05) is 44.3 Å². The lowest BCUT2D eigenvalue weighted by Crippen LogP contribution is -2.01. The van der Waals surface area contributed by atoms with Gasteiger partial charge in [-0.05, 0) is 30.3 Å². The van der Waals surface area contributed by atoms with Gasteiger partial charge in [-0.1, -0.05) is 152 Å². The first-order chi connectivity index (χ1) is 27.8. The quantitative estimate of drug-likeness (QED) is 0.170. The van der Waals surface area contributed by atoms with Crippen molar-refractivity contribution in [2.24, 2.45) is 0 Å². The number of para-hydroxylation sites is 1. The lowest BCUT2D eigenvalue weighted by Gasteiger charge is -2.11. The Kier molecular flexibility index (Phi) is 7.35. The zero-order chi connectivity index (χ0) is 37.0. The summed E-state index contributed by atoms with van der Waals surface area (Å²) in [6, 6.07) is 61.6. The first-order valence-electron chi connectivity index (χ1n) is 18.5. The van der Waals surface area contributed by atoms with Gasteiger partial charge in [-0.15, -0.1) is 0 Å². The summed E-state index contributed by atoms with van der Waals surface area (Å²) in [6.45, 7) is 0. The number of furan rings is 1. The summed E-state index contributed by atoms with van der Waals surface area (Å²) in [5, 5.41) is 3.12. The van der Waals surface area contributed by atoms with Crippen LogP contribution in [0.15, 0.2) is 186 Å². The van der Waals surface area contributed by atoms with Gasteiger partial charge in [0.1, 0.15) is 16.8 Å². The van der Waals surface area contributed by atoms with E-state index in [9.17, 15) is 0 Å². The molecule has 0 radical (unpaired) electrons. The molecule has 0 bridgehead atoms. The zero-order valence-electron chi connectivity index (χ0n) is 29.9. The molecule has 0 fully saturated rings. The van der Waals surface area contributed by atoms with E-state index in [-0.39, 0.29) is 0 Å². The van der Waals surface area contributed by atoms with Gasteiger partial charge in [-0.3, -0.25) is 0 Å². The second kappa shape index (κ2) is 13.0. The highest BCUT2D eigenvalue weighted by atomic mass is 16.3. The summed E-state index contributed by atoms with van der Waals surface area (Å²) in [6.07, 6.45) is 0. The summed E-state index contributed by atoms with van der Waals surface area (Å²) >= 11 is 0. The normalized spacial score (nSPS) is 11.6. The molecule has 262 valence electrons. The van der Waals surface area contributed by atoms with Crippen LogP contribution in [0.5, 0.6) is 0 Å². The van der Waals surface area contributed by atoms with E-state index in [1.54, 1.807) is 0 Å². The van der Waals surface area contributed by atoms with Crippen LogP contribution in [0.1, 0.15) is 0 Å². The van der Waals surface area contributed by atoms with Gasteiger partial charge in [-0.25, -0.2) is 24.9 Å². The van der Waals surface area contributed by atoms with Gasteiger partial charge in [0.15, 0.2) is 28.9 Å². The summed E-state index contributed by atoms with van der Waals surface area (Å²) < 4.78 is 9.02. The highest BCUT2D eigenvalue weighted by molar-refractivity contribution is 6.27. The van der Waals surface area contributed by atoms with Crippen LogP contribution in [0, 0.1) is 0 Å². The standard InChI is InChI=1S/C49H30N6O/c1-5-16-31(17-6-1)43-45-44(51-46(50-43)32-18-7-2-8-19-32)42-40(56-45)29-28-39-41(42)37-26-13-14-27-38(37)55(39)36-25-15-24-35(30-36)49-53-47(33-20-9-3-10-21-33)52-48(54-49)34-22-11-4-12-23-34/h1-30H. The van der Waals surface area contributed by atoms with Crippen molar-refractivity contribution in [3.8, 4) is 62.5 Å². The van der Waals surface area contributed by atoms with Crippen molar-refractivity contribution in [3.05, 3.63) is 182 Å². The Morgan fingerprint density at radius 2 is 0.893 bits per heavy atom. The Balaban J connectivity index is 1.15. The molecule has 4 heterocycles. The fraction of sp³-hybridized carbons (Fsp3) is 0. The zero-order valence-corrected chi connectivity index (χ0v) is 29.9. The maximum atomic E-state index is 6.72. The summed E-state index contributed by atoms with van der Waals surface area (Å²) in [5.41, 5.74) is 10.7. The van der Waals surface area contributed by atoms with Crippen molar-refractivity contribution < 1.29 is 4.42 Å². The number of hydrogen-bond donors (Lipinski definition) is 0. The first kappa shape index (κ1) is 31.7. The molecule has 11 aromatic rings. The van der Waals surface area contributed by atoms with E-state index in [1.165, 1.54) is 0 Å². The molecule has 0 unspecified atom stereocenters. The van der Waals surface area contributed by atoms with Crippen LogP contribution in [0.3, 0.4) is 0 Å². The lowest BCUT2D eigenvalue weighted by molar-refractivity contribution is 0.667. The van der Waals surface area contributed by atoms with E-state index < -0.39 is 0 Å². The molecule has 0 saturated heterocycles. The molecule has 0 aliphatic rings. The molecule has 0 N–H and O–H groups in total. The SMILES string of the molecule is c1ccc(-c2nc(-c3ccccc3)nc(-c3cccc(-n4c5ccccc5c5c6c(ccc54)oc4c(-c5ccccc5)nc(-c5ccccc5)nc46)c3)n2)cc1. The first-order valence-corrected chi connectivity index (χ1v) is 18.5. The number of benzene rings is 7. The largest absolute Gasteiger partial charge is 0.452 e. The third-order valence-electron chi connectivity index (χ3n) is 10.3. The number of hydrogen-bond acceptors (Lipinski definition) is 6. The molecule has 0 aliphatic heterocycles. The van der Waals surface area contributed by atoms with Crippen LogP contribution in [-0.2, 0) is 0 Å². The third-order valence-corrected chi connectivity index (χ3v) is 10.3. The van der Waals surface area contributed by atoms with Crippen molar-refractivity contribution in [1.82, 2.24) is 29.5 Å². The second-order valence-corrected chi connectivity index (χ2v) is 13.7. The second-order valence-electron chi connectivity index (χ2n) is 13.7. The average Bonchev–Trinajstić information content (AvgIpc) is 3.83. The van der Waals surface area contributed by atoms with E-state index in [0.717, 1.165) is 77.5 Å². The highest BCUT2D eigenvalue weighted by Gasteiger charge is 2.23. The van der Waals surface area contributed by atoms with Crippen molar-refractivity contribution in [3.63, 3.8) is 0 Å². The number of rotatable bonds is 6. The smallest absolute Gasteiger partial charge is 0.180 e. The van der Waals surface area contributed by atoms with E-state index in [2.05, 4.69) is 77.4 Å². The molecule has 0 saturated carbocycles. The minimum Gasteiger partial charge on any atom is -0.452 e.